The number of hydrogen-bond acceptors (Lipinski definition) is 5. The molecule has 0 aliphatic carbocycles. The van der Waals surface area contributed by atoms with Gasteiger partial charge in [-0.3, -0.25) is 0 Å². The molecule has 2 N–H and O–H groups in total. The summed E-state index contributed by atoms with van der Waals surface area (Å²) in [4.78, 5) is 8.44. The third kappa shape index (κ3) is 2.99. The van der Waals surface area contributed by atoms with Crippen LogP contribution in [-0.2, 0) is 5.75 Å². The minimum atomic E-state index is 0.471. The lowest BCUT2D eigenvalue weighted by Gasteiger charge is -2.04. The van der Waals surface area contributed by atoms with Crippen LogP contribution in [0.15, 0.2) is 35.5 Å². The molecule has 0 saturated heterocycles. The van der Waals surface area contributed by atoms with E-state index in [9.17, 15) is 0 Å². The van der Waals surface area contributed by atoms with Crippen molar-refractivity contribution in [2.45, 2.75) is 17.8 Å². The fourth-order valence-corrected chi connectivity index (χ4v) is 2.44. The van der Waals surface area contributed by atoms with Crippen LogP contribution in [-0.4, -0.2) is 9.97 Å². The fourth-order valence-electron chi connectivity index (χ4n) is 1.53. The number of thioether (sulfide) groups is 1. The van der Waals surface area contributed by atoms with Crippen LogP contribution >= 0.6 is 11.8 Å². The van der Waals surface area contributed by atoms with Gasteiger partial charge in [0.05, 0.1) is 11.6 Å². The largest absolute Gasteiger partial charge is 0.384 e. The summed E-state index contributed by atoms with van der Waals surface area (Å²) in [5.41, 5.74) is 8.18. The van der Waals surface area contributed by atoms with Gasteiger partial charge in [-0.25, -0.2) is 9.97 Å². The van der Waals surface area contributed by atoms with Crippen LogP contribution in [0.1, 0.15) is 16.8 Å². The summed E-state index contributed by atoms with van der Waals surface area (Å²) in [6.07, 6.45) is 0. The van der Waals surface area contributed by atoms with Crippen LogP contribution in [0.3, 0.4) is 0 Å². The molecule has 1 aromatic carbocycles. The van der Waals surface area contributed by atoms with Crippen molar-refractivity contribution >= 4 is 17.6 Å². The molecule has 0 amide bonds. The zero-order chi connectivity index (χ0) is 13.0. The average molecular weight is 256 g/mol. The Bertz CT molecular complexity index is 584. The lowest BCUT2D eigenvalue weighted by molar-refractivity contribution is 0.940. The Labute approximate surface area is 110 Å². The van der Waals surface area contributed by atoms with Gasteiger partial charge in [-0.15, -0.1) is 0 Å². The highest BCUT2D eigenvalue weighted by atomic mass is 32.2. The Kier molecular flexibility index (Phi) is 3.80. The standard InChI is InChI=1S/C13H12N4S/c1-9-6-12(15)17-13(16-9)18-8-11-5-3-2-4-10(11)7-14/h2-6H,8H2,1H3,(H2,15,16,17). The summed E-state index contributed by atoms with van der Waals surface area (Å²) < 4.78 is 0. The van der Waals surface area contributed by atoms with Crippen LogP contribution in [0.5, 0.6) is 0 Å². The molecule has 0 fully saturated rings. The van der Waals surface area contributed by atoms with E-state index in [-0.39, 0.29) is 0 Å². The average Bonchev–Trinajstić information content (AvgIpc) is 2.35. The first kappa shape index (κ1) is 12.4. The SMILES string of the molecule is Cc1cc(N)nc(SCc2ccccc2C#N)n1. The van der Waals surface area contributed by atoms with E-state index < -0.39 is 0 Å². The summed E-state index contributed by atoms with van der Waals surface area (Å²) in [6, 6.07) is 11.4. The normalized spacial score (nSPS) is 10.0. The Balaban J connectivity index is 2.14. The summed E-state index contributed by atoms with van der Waals surface area (Å²) >= 11 is 1.48. The molecule has 2 rings (SSSR count). The lowest BCUT2D eigenvalue weighted by Crippen LogP contribution is -1.97. The Morgan fingerprint density at radius 3 is 2.83 bits per heavy atom. The van der Waals surface area contributed by atoms with Crippen LogP contribution in [0.4, 0.5) is 5.82 Å². The van der Waals surface area contributed by atoms with Crippen molar-refractivity contribution in [3.05, 3.63) is 47.2 Å². The van der Waals surface area contributed by atoms with Gasteiger partial charge in [-0.05, 0) is 18.6 Å². The van der Waals surface area contributed by atoms with Gasteiger partial charge in [0.1, 0.15) is 5.82 Å². The fraction of sp³-hybridized carbons (Fsp3) is 0.154. The molecule has 0 spiro atoms. The molecule has 0 aliphatic rings. The number of aromatic nitrogens is 2. The van der Waals surface area contributed by atoms with Gasteiger partial charge in [-0.2, -0.15) is 5.26 Å². The summed E-state index contributed by atoms with van der Waals surface area (Å²) in [5.74, 6) is 1.13. The summed E-state index contributed by atoms with van der Waals surface area (Å²) in [7, 11) is 0. The molecule has 0 radical (unpaired) electrons. The van der Waals surface area contributed by atoms with E-state index in [2.05, 4.69) is 16.0 Å². The van der Waals surface area contributed by atoms with Gasteiger partial charge in [0, 0.05) is 17.5 Å². The van der Waals surface area contributed by atoms with Crippen molar-refractivity contribution in [3.63, 3.8) is 0 Å². The number of aryl methyl sites for hydroxylation is 1. The summed E-state index contributed by atoms with van der Waals surface area (Å²) in [5, 5.41) is 9.63. The number of hydrogen-bond donors (Lipinski definition) is 1. The van der Waals surface area contributed by atoms with E-state index in [1.54, 1.807) is 12.1 Å². The molecule has 0 bridgehead atoms. The van der Waals surface area contributed by atoms with Crippen molar-refractivity contribution in [1.82, 2.24) is 9.97 Å². The molecule has 18 heavy (non-hydrogen) atoms. The van der Waals surface area contributed by atoms with Crippen molar-refractivity contribution in [2.24, 2.45) is 0 Å². The van der Waals surface area contributed by atoms with Gasteiger partial charge >= 0.3 is 0 Å². The first-order chi connectivity index (χ1) is 8.69. The van der Waals surface area contributed by atoms with Gasteiger partial charge in [0.15, 0.2) is 5.16 Å². The first-order valence-corrected chi connectivity index (χ1v) is 6.39. The molecule has 1 heterocycles. The number of nitrogen functional groups attached to an aromatic ring is 1. The Morgan fingerprint density at radius 1 is 1.33 bits per heavy atom. The highest BCUT2D eigenvalue weighted by molar-refractivity contribution is 7.98. The van der Waals surface area contributed by atoms with Crippen molar-refractivity contribution < 1.29 is 0 Å². The molecular weight excluding hydrogens is 244 g/mol. The highest BCUT2D eigenvalue weighted by Gasteiger charge is 2.05. The third-order valence-corrected chi connectivity index (χ3v) is 3.24. The van der Waals surface area contributed by atoms with Crippen LogP contribution in [0.25, 0.3) is 0 Å². The molecule has 0 unspecified atom stereocenters. The molecule has 0 saturated carbocycles. The molecular formula is C13H12N4S. The second-order valence-corrected chi connectivity index (χ2v) is 4.72. The van der Waals surface area contributed by atoms with Gasteiger partial charge in [0.2, 0.25) is 0 Å². The monoisotopic (exact) mass is 256 g/mol. The quantitative estimate of drug-likeness (QED) is 0.674. The van der Waals surface area contributed by atoms with Crippen LogP contribution in [0.2, 0.25) is 0 Å². The van der Waals surface area contributed by atoms with Gasteiger partial charge in [-0.1, -0.05) is 30.0 Å². The van der Waals surface area contributed by atoms with E-state index in [0.29, 0.717) is 22.3 Å². The lowest BCUT2D eigenvalue weighted by atomic mass is 10.1. The maximum absolute atomic E-state index is 8.99. The maximum Gasteiger partial charge on any atom is 0.190 e. The van der Waals surface area contributed by atoms with E-state index in [0.717, 1.165) is 11.3 Å². The van der Waals surface area contributed by atoms with Crippen molar-refractivity contribution in [1.29, 1.82) is 5.26 Å². The van der Waals surface area contributed by atoms with E-state index in [1.165, 1.54) is 11.8 Å². The smallest absolute Gasteiger partial charge is 0.190 e. The molecule has 90 valence electrons. The number of nitrogens with two attached hydrogens (primary N) is 1. The molecule has 0 atom stereocenters. The van der Waals surface area contributed by atoms with Crippen LogP contribution in [0, 0.1) is 18.3 Å². The molecule has 1 aromatic heterocycles. The summed E-state index contributed by atoms with van der Waals surface area (Å²) in [6.45, 7) is 1.88. The van der Waals surface area contributed by atoms with Gasteiger partial charge < -0.3 is 5.73 Å². The molecule has 2 aromatic rings. The number of nitrogens with zero attached hydrogens (tertiary/aromatic N) is 3. The second kappa shape index (κ2) is 5.52. The number of benzene rings is 1. The van der Waals surface area contributed by atoms with E-state index >= 15 is 0 Å². The van der Waals surface area contributed by atoms with Gasteiger partial charge in [0.25, 0.3) is 0 Å². The third-order valence-electron chi connectivity index (χ3n) is 2.35. The minimum Gasteiger partial charge on any atom is -0.384 e. The van der Waals surface area contributed by atoms with Crippen molar-refractivity contribution in [3.8, 4) is 6.07 Å². The molecule has 0 aliphatic heterocycles. The van der Waals surface area contributed by atoms with Crippen LogP contribution < -0.4 is 5.73 Å². The number of rotatable bonds is 3. The Hall–Kier alpha value is -2.06. The zero-order valence-electron chi connectivity index (χ0n) is 9.92. The zero-order valence-corrected chi connectivity index (χ0v) is 10.7. The number of anilines is 1. The van der Waals surface area contributed by atoms with E-state index in [4.69, 9.17) is 11.0 Å². The number of nitriles is 1. The maximum atomic E-state index is 8.99. The molecule has 4 nitrogen and oxygen atoms in total. The van der Waals surface area contributed by atoms with E-state index in [1.807, 2.05) is 25.1 Å². The topological polar surface area (TPSA) is 75.6 Å². The Morgan fingerprint density at radius 2 is 2.11 bits per heavy atom. The second-order valence-electron chi connectivity index (χ2n) is 3.77. The predicted octanol–water partition coefficient (Wildman–Crippen LogP) is 2.53. The minimum absolute atomic E-state index is 0.471. The van der Waals surface area contributed by atoms with Crippen molar-refractivity contribution in [2.75, 3.05) is 5.73 Å². The first-order valence-electron chi connectivity index (χ1n) is 5.41. The molecule has 5 heteroatoms. The predicted molar refractivity (Wildman–Crippen MR) is 71.9 cm³/mol. The highest BCUT2D eigenvalue weighted by Crippen LogP contribution is 2.22.